The van der Waals surface area contributed by atoms with Crippen molar-refractivity contribution in [3.63, 3.8) is 0 Å². The van der Waals surface area contributed by atoms with Gasteiger partial charge in [0.2, 0.25) is 0 Å². The molecule has 0 saturated carbocycles. The summed E-state index contributed by atoms with van der Waals surface area (Å²) < 4.78 is 17.5. The second kappa shape index (κ2) is 8.52. The van der Waals surface area contributed by atoms with E-state index in [0.717, 1.165) is 4.90 Å². The maximum atomic E-state index is 12.9. The monoisotopic (exact) mass is 442 g/mol. The Morgan fingerprint density at radius 2 is 1.25 bits per heavy atom. The highest BCUT2D eigenvalue weighted by molar-refractivity contribution is 6.34. The van der Waals surface area contributed by atoms with Crippen LogP contribution < -0.4 is 10.5 Å². The Labute approximate surface area is 190 Å². The van der Waals surface area contributed by atoms with Crippen molar-refractivity contribution >= 4 is 48.3 Å². The highest BCUT2D eigenvalue weighted by Gasteiger charge is 2.33. The minimum atomic E-state index is -0.908. The lowest BCUT2D eigenvalue weighted by molar-refractivity contribution is 0.0429. The highest BCUT2D eigenvalue weighted by Crippen LogP contribution is 2.26. The summed E-state index contributed by atoms with van der Waals surface area (Å²) in [5, 5.41) is 0.630. The molecule has 1 heterocycles. The lowest BCUT2D eigenvalue weighted by Crippen LogP contribution is -2.43. The van der Waals surface area contributed by atoms with Crippen LogP contribution in [0.25, 0.3) is 10.9 Å². The smallest absolute Gasteiger partial charge is 0.424 e. The van der Waals surface area contributed by atoms with Crippen LogP contribution in [0, 0.1) is 0 Å². The van der Waals surface area contributed by atoms with Crippen LogP contribution in [0.1, 0.15) is 62.3 Å². The Morgan fingerprint density at radius 3 is 1.69 bits per heavy atom. The maximum absolute atomic E-state index is 12.9. The number of hydrogen-bond donors (Lipinski definition) is 0. The average Bonchev–Trinajstić information content (AvgIpc) is 2.85. The number of anilines is 1. The van der Waals surface area contributed by atoms with Crippen LogP contribution in [-0.4, -0.2) is 47.5 Å². The lowest BCUT2D eigenvalue weighted by atomic mass is 10.1. The van der Waals surface area contributed by atoms with E-state index in [1.807, 2.05) is 0 Å². The van der Waals surface area contributed by atoms with Gasteiger partial charge in [-0.1, -0.05) is 6.07 Å². The molecule has 0 aliphatic heterocycles. The van der Waals surface area contributed by atoms with Gasteiger partial charge < -0.3 is 14.2 Å². The molecule has 8 nitrogen and oxygen atoms in total. The summed E-state index contributed by atoms with van der Waals surface area (Å²) in [6, 6.07) is 6.29. The summed E-state index contributed by atoms with van der Waals surface area (Å²) in [7, 11) is 6.05. The number of imide groups is 1. The molecule has 0 spiro atoms. The molecule has 2 amide bonds. The molecule has 2 radical (unpaired) electrons. The average molecular weight is 442 g/mol. The quantitative estimate of drug-likeness (QED) is 0.462. The topological polar surface area (TPSA) is 87.1 Å². The Morgan fingerprint density at radius 1 is 0.781 bits per heavy atom. The standard InChI is InChI=1S/C23H31BN2O6/c1-21(2,3)30-18(27)25(19(28)31-22(4,5)6)15-11-10-14-12-17(24)26(16(14)13-15)20(29)32-23(7,8)9/h10-13H,1-9H3. The second-order valence-corrected chi connectivity index (χ2v) is 10.4. The molecule has 2 aromatic rings. The van der Waals surface area contributed by atoms with Crippen LogP contribution in [0.4, 0.5) is 20.1 Å². The zero-order valence-corrected chi connectivity index (χ0v) is 20.2. The molecule has 0 N–H and O–H groups in total. The van der Waals surface area contributed by atoms with Crippen molar-refractivity contribution in [2.24, 2.45) is 0 Å². The van der Waals surface area contributed by atoms with E-state index >= 15 is 0 Å². The van der Waals surface area contributed by atoms with E-state index < -0.39 is 35.1 Å². The van der Waals surface area contributed by atoms with E-state index in [1.165, 1.54) is 10.6 Å². The van der Waals surface area contributed by atoms with Gasteiger partial charge in [0, 0.05) is 0 Å². The van der Waals surface area contributed by atoms with E-state index in [-0.39, 0.29) is 11.3 Å². The number of aromatic nitrogens is 1. The second-order valence-electron chi connectivity index (χ2n) is 10.4. The van der Waals surface area contributed by atoms with Gasteiger partial charge in [-0.05, 0) is 91.5 Å². The van der Waals surface area contributed by atoms with Gasteiger partial charge >= 0.3 is 18.3 Å². The third-order valence-corrected chi connectivity index (χ3v) is 3.80. The molecule has 32 heavy (non-hydrogen) atoms. The molecular weight excluding hydrogens is 411 g/mol. The number of fused-ring (bicyclic) bond motifs is 1. The third kappa shape index (κ3) is 6.51. The van der Waals surface area contributed by atoms with E-state index in [2.05, 4.69) is 0 Å². The van der Waals surface area contributed by atoms with Gasteiger partial charge in [-0.3, -0.25) is 4.57 Å². The number of rotatable bonds is 1. The van der Waals surface area contributed by atoms with Gasteiger partial charge in [-0.15, -0.1) is 0 Å². The van der Waals surface area contributed by atoms with Crippen LogP contribution in [-0.2, 0) is 14.2 Å². The van der Waals surface area contributed by atoms with Crippen molar-refractivity contribution in [3.8, 4) is 0 Å². The molecule has 1 aromatic carbocycles. The fourth-order valence-electron chi connectivity index (χ4n) is 2.76. The van der Waals surface area contributed by atoms with Crippen molar-refractivity contribution < 1.29 is 28.6 Å². The number of carbonyl (C=O) groups excluding carboxylic acids is 3. The van der Waals surface area contributed by atoms with Gasteiger partial charge in [0.05, 0.1) is 11.2 Å². The summed E-state index contributed by atoms with van der Waals surface area (Å²) >= 11 is 0. The van der Waals surface area contributed by atoms with Gasteiger partial charge in [0.1, 0.15) is 24.6 Å². The number of hydrogen-bond acceptors (Lipinski definition) is 6. The Hall–Kier alpha value is -2.97. The van der Waals surface area contributed by atoms with Crippen molar-refractivity contribution in [3.05, 3.63) is 24.3 Å². The van der Waals surface area contributed by atoms with Crippen LogP contribution in [0.15, 0.2) is 24.3 Å². The summed E-state index contributed by atoms with van der Waals surface area (Å²) in [6.45, 7) is 15.4. The van der Waals surface area contributed by atoms with Crippen LogP contribution in [0.2, 0.25) is 0 Å². The lowest BCUT2D eigenvalue weighted by Gasteiger charge is -2.28. The molecular formula is C23H31BN2O6. The first-order valence-corrected chi connectivity index (χ1v) is 10.3. The van der Waals surface area contributed by atoms with Crippen molar-refractivity contribution in [1.29, 1.82) is 0 Å². The molecule has 0 unspecified atom stereocenters. The number of nitrogens with zero attached hydrogens (tertiary/aromatic N) is 2. The molecule has 0 bridgehead atoms. The molecule has 0 saturated heterocycles. The first kappa shape index (κ1) is 25.3. The van der Waals surface area contributed by atoms with Crippen LogP contribution in [0.3, 0.4) is 0 Å². The van der Waals surface area contributed by atoms with Gasteiger partial charge in [-0.25, -0.2) is 14.4 Å². The van der Waals surface area contributed by atoms with E-state index in [4.69, 9.17) is 22.1 Å². The van der Waals surface area contributed by atoms with Crippen molar-refractivity contribution in [2.75, 3.05) is 4.90 Å². The van der Waals surface area contributed by atoms with Gasteiger partial charge in [0.15, 0.2) is 0 Å². The Bertz CT molecular complexity index is 1010. The summed E-state index contributed by atoms with van der Waals surface area (Å²) in [6.07, 6.45) is -2.49. The van der Waals surface area contributed by atoms with Crippen molar-refractivity contribution in [1.82, 2.24) is 4.57 Å². The van der Waals surface area contributed by atoms with Crippen LogP contribution in [0.5, 0.6) is 0 Å². The minimum absolute atomic E-state index is 0.156. The van der Waals surface area contributed by atoms with Gasteiger partial charge in [-0.2, -0.15) is 4.90 Å². The van der Waals surface area contributed by atoms with Crippen molar-refractivity contribution in [2.45, 2.75) is 79.1 Å². The molecule has 2 rings (SSSR count). The molecule has 0 aliphatic carbocycles. The van der Waals surface area contributed by atoms with E-state index in [9.17, 15) is 14.4 Å². The first-order valence-electron chi connectivity index (χ1n) is 10.3. The van der Waals surface area contributed by atoms with Crippen LogP contribution >= 0.6 is 0 Å². The van der Waals surface area contributed by atoms with E-state index in [0.29, 0.717) is 10.9 Å². The molecule has 0 atom stereocenters. The number of amides is 2. The molecule has 9 heteroatoms. The fourth-order valence-corrected chi connectivity index (χ4v) is 2.76. The summed E-state index contributed by atoms with van der Waals surface area (Å²) in [5.74, 6) is 0. The molecule has 0 fully saturated rings. The summed E-state index contributed by atoms with van der Waals surface area (Å²) in [5.41, 5.74) is -1.75. The molecule has 1 aromatic heterocycles. The predicted octanol–water partition coefficient (Wildman–Crippen LogP) is 4.89. The van der Waals surface area contributed by atoms with E-state index in [1.54, 1.807) is 80.5 Å². The summed E-state index contributed by atoms with van der Waals surface area (Å²) in [4.78, 5) is 39.4. The normalized spacial score (nSPS) is 12.4. The first-order chi connectivity index (χ1) is 14.4. The number of carbonyl (C=O) groups is 3. The predicted molar refractivity (Wildman–Crippen MR) is 124 cm³/mol. The highest BCUT2D eigenvalue weighted by atomic mass is 16.6. The molecule has 0 aliphatic rings. The Balaban J connectivity index is 2.60. The zero-order chi connectivity index (χ0) is 24.6. The minimum Gasteiger partial charge on any atom is -0.443 e. The number of ether oxygens (including phenoxy) is 3. The Kier molecular flexibility index (Phi) is 6.74. The third-order valence-electron chi connectivity index (χ3n) is 3.80. The maximum Gasteiger partial charge on any atom is 0.424 e. The number of benzene rings is 1. The molecule has 172 valence electrons. The fraction of sp³-hybridized carbons (Fsp3) is 0.522. The SMILES string of the molecule is [B]c1cc2ccc(N(C(=O)OC(C)(C)C)C(=O)OC(C)(C)C)cc2n1C(=O)OC(C)(C)C. The van der Waals surface area contributed by atoms with Gasteiger partial charge in [0.25, 0.3) is 0 Å². The zero-order valence-electron chi connectivity index (χ0n) is 20.2. The largest absolute Gasteiger partial charge is 0.443 e.